The quantitative estimate of drug-likeness (QED) is 0.544. The number of piperazine rings is 1. The van der Waals surface area contributed by atoms with Crippen LogP contribution in [0.25, 0.3) is 0 Å². The summed E-state index contributed by atoms with van der Waals surface area (Å²) < 4.78 is 29.6. The number of nitrogens with zero attached hydrogens (tertiary/aromatic N) is 2. The van der Waals surface area contributed by atoms with E-state index in [1.54, 1.807) is 0 Å². The topological polar surface area (TPSA) is 120 Å². The third-order valence-electron chi connectivity index (χ3n) is 1.63. The predicted octanol–water partition coefficient (Wildman–Crippen LogP) is -1.06. The van der Waals surface area contributed by atoms with Crippen molar-refractivity contribution >= 4 is 16.1 Å². The fraction of sp³-hybridized carbons (Fsp3) is 1.00. The summed E-state index contributed by atoms with van der Waals surface area (Å²) in [5.74, 6) is 0. The van der Waals surface area contributed by atoms with Crippen molar-refractivity contribution in [1.29, 1.82) is 0 Å². The molecule has 0 aliphatic carbocycles. The standard InChI is InChI=1S/C4H12N2O7P2/c7-14(8)12-5-1-3-6(4-2-5)13-15(9,10)11/h14H,1-4H2,(H,7,8)(H2,9,10,11). The average molecular weight is 262 g/mol. The van der Waals surface area contributed by atoms with Crippen molar-refractivity contribution in [3.8, 4) is 0 Å². The lowest BCUT2D eigenvalue weighted by atomic mass is 10.4. The summed E-state index contributed by atoms with van der Waals surface area (Å²) in [4.78, 5) is 25.5. The largest absolute Gasteiger partial charge is 0.486 e. The molecule has 1 aliphatic rings. The van der Waals surface area contributed by atoms with Gasteiger partial charge in [0, 0.05) is 26.2 Å². The van der Waals surface area contributed by atoms with Crippen molar-refractivity contribution in [3.63, 3.8) is 0 Å². The first-order chi connectivity index (χ1) is 6.87. The highest BCUT2D eigenvalue weighted by molar-refractivity contribution is 7.46. The zero-order chi connectivity index (χ0) is 11.5. The summed E-state index contributed by atoms with van der Waals surface area (Å²) in [5.41, 5.74) is 0. The molecular formula is C4H12N2O7P2. The summed E-state index contributed by atoms with van der Waals surface area (Å²) in [6, 6.07) is 0. The Bertz CT molecular complexity index is 272. The molecule has 0 bridgehead atoms. The summed E-state index contributed by atoms with van der Waals surface area (Å²) in [7, 11) is -7.54. The van der Waals surface area contributed by atoms with Crippen LogP contribution in [0.2, 0.25) is 0 Å². The normalized spacial score (nSPS) is 22.9. The minimum Gasteiger partial charge on any atom is -0.325 e. The van der Waals surface area contributed by atoms with Crippen molar-refractivity contribution in [1.82, 2.24) is 10.1 Å². The highest BCUT2D eigenvalue weighted by Gasteiger charge is 2.25. The molecule has 0 radical (unpaired) electrons. The van der Waals surface area contributed by atoms with E-state index >= 15 is 0 Å². The Hall–Kier alpha value is 0.180. The van der Waals surface area contributed by atoms with Gasteiger partial charge in [-0.25, -0.2) is 9.19 Å². The molecule has 1 atom stereocenters. The number of rotatable bonds is 4. The molecule has 1 aliphatic heterocycles. The van der Waals surface area contributed by atoms with E-state index in [0.29, 0.717) is 0 Å². The van der Waals surface area contributed by atoms with Crippen LogP contribution in [-0.4, -0.2) is 51.0 Å². The first-order valence-electron chi connectivity index (χ1n) is 4.03. The molecule has 0 aromatic heterocycles. The molecule has 15 heavy (non-hydrogen) atoms. The predicted molar refractivity (Wildman–Crippen MR) is 48.6 cm³/mol. The summed E-state index contributed by atoms with van der Waals surface area (Å²) in [6.45, 7) is 0.828. The lowest BCUT2D eigenvalue weighted by Crippen LogP contribution is -2.44. The Labute approximate surface area is 86.3 Å². The van der Waals surface area contributed by atoms with E-state index in [2.05, 4.69) is 9.25 Å². The summed E-state index contributed by atoms with van der Waals surface area (Å²) >= 11 is 0. The Morgan fingerprint density at radius 3 is 2.00 bits per heavy atom. The number of hydrogen-bond acceptors (Lipinski definition) is 6. The van der Waals surface area contributed by atoms with Crippen molar-refractivity contribution in [2.45, 2.75) is 0 Å². The van der Waals surface area contributed by atoms with Crippen LogP contribution in [0.3, 0.4) is 0 Å². The van der Waals surface area contributed by atoms with Gasteiger partial charge in [0.15, 0.2) is 0 Å². The minimum absolute atomic E-state index is 0.181. The third kappa shape index (κ3) is 5.72. The van der Waals surface area contributed by atoms with E-state index in [1.807, 2.05) is 0 Å². The van der Waals surface area contributed by atoms with Crippen LogP contribution in [0.4, 0.5) is 0 Å². The molecule has 0 saturated carbocycles. The molecule has 11 heteroatoms. The van der Waals surface area contributed by atoms with Crippen LogP contribution in [0.15, 0.2) is 0 Å². The monoisotopic (exact) mass is 262 g/mol. The van der Waals surface area contributed by atoms with E-state index in [1.165, 1.54) is 5.06 Å². The van der Waals surface area contributed by atoms with Gasteiger partial charge >= 0.3 is 16.1 Å². The van der Waals surface area contributed by atoms with E-state index in [9.17, 15) is 9.13 Å². The Kier molecular flexibility index (Phi) is 4.85. The maximum atomic E-state index is 10.5. The highest BCUT2D eigenvalue weighted by Crippen LogP contribution is 2.37. The van der Waals surface area contributed by atoms with Crippen LogP contribution < -0.4 is 0 Å². The van der Waals surface area contributed by atoms with Gasteiger partial charge in [0.25, 0.3) is 0 Å². The number of hydroxylamine groups is 4. The zero-order valence-electron chi connectivity index (χ0n) is 7.64. The molecule has 9 nitrogen and oxygen atoms in total. The maximum absolute atomic E-state index is 10.5. The van der Waals surface area contributed by atoms with Crippen molar-refractivity contribution in [3.05, 3.63) is 0 Å². The molecular weight excluding hydrogens is 250 g/mol. The zero-order valence-corrected chi connectivity index (χ0v) is 9.54. The molecule has 0 spiro atoms. The van der Waals surface area contributed by atoms with Gasteiger partial charge in [-0.15, -0.1) is 0 Å². The van der Waals surface area contributed by atoms with Crippen molar-refractivity contribution < 1.29 is 33.1 Å². The van der Waals surface area contributed by atoms with Crippen molar-refractivity contribution in [2.75, 3.05) is 26.2 Å². The Morgan fingerprint density at radius 1 is 1.13 bits per heavy atom. The van der Waals surface area contributed by atoms with Crippen LogP contribution >= 0.6 is 16.1 Å². The third-order valence-corrected chi connectivity index (χ3v) is 2.48. The smallest absolute Gasteiger partial charge is 0.325 e. The molecule has 0 amide bonds. The van der Waals surface area contributed by atoms with E-state index < -0.39 is 16.1 Å². The number of phosphoric acid groups is 1. The van der Waals surface area contributed by atoms with E-state index in [-0.39, 0.29) is 26.2 Å². The Morgan fingerprint density at radius 2 is 1.60 bits per heavy atom. The molecule has 1 saturated heterocycles. The first kappa shape index (κ1) is 13.2. The van der Waals surface area contributed by atoms with E-state index in [4.69, 9.17) is 14.7 Å². The molecule has 0 aromatic rings. The molecule has 1 fully saturated rings. The van der Waals surface area contributed by atoms with Gasteiger partial charge in [0.2, 0.25) is 0 Å². The number of hydrogen-bond donors (Lipinski definition) is 3. The SMILES string of the molecule is O=[PH](O)ON1CCN(OP(=O)(O)O)CC1. The van der Waals surface area contributed by atoms with E-state index in [0.717, 1.165) is 5.06 Å². The first-order valence-corrected chi connectivity index (χ1v) is 6.82. The Balaban J connectivity index is 2.30. The maximum Gasteiger partial charge on any atom is 0.486 e. The van der Waals surface area contributed by atoms with Gasteiger partial charge in [-0.2, -0.15) is 14.8 Å². The molecule has 90 valence electrons. The lowest BCUT2D eigenvalue weighted by Gasteiger charge is -2.31. The molecule has 3 N–H and O–H groups in total. The van der Waals surface area contributed by atoms with Crippen LogP contribution in [0.1, 0.15) is 0 Å². The second kappa shape index (κ2) is 5.49. The molecule has 1 unspecified atom stereocenters. The minimum atomic E-state index is -4.52. The van der Waals surface area contributed by atoms with Gasteiger partial charge in [0.05, 0.1) is 0 Å². The fourth-order valence-corrected chi connectivity index (χ4v) is 1.97. The molecule has 1 heterocycles. The fourth-order valence-electron chi connectivity index (χ4n) is 1.10. The molecule has 0 aromatic carbocycles. The van der Waals surface area contributed by atoms with Gasteiger partial charge in [-0.3, -0.25) is 4.57 Å². The van der Waals surface area contributed by atoms with Gasteiger partial charge in [-0.05, 0) is 0 Å². The summed E-state index contributed by atoms with van der Waals surface area (Å²) in [6.07, 6.45) is 0. The van der Waals surface area contributed by atoms with Crippen LogP contribution in [0, 0.1) is 0 Å². The lowest BCUT2D eigenvalue weighted by molar-refractivity contribution is -0.162. The van der Waals surface area contributed by atoms with Gasteiger partial charge in [0.1, 0.15) is 0 Å². The van der Waals surface area contributed by atoms with Crippen LogP contribution in [0.5, 0.6) is 0 Å². The van der Waals surface area contributed by atoms with Gasteiger partial charge in [-0.1, -0.05) is 0 Å². The second-order valence-corrected chi connectivity index (χ2v) is 4.65. The second-order valence-electron chi connectivity index (χ2n) is 2.79. The van der Waals surface area contributed by atoms with Gasteiger partial charge < -0.3 is 14.7 Å². The highest BCUT2D eigenvalue weighted by atomic mass is 31.2. The molecule has 1 rings (SSSR count). The summed E-state index contributed by atoms with van der Waals surface area (Å²) in [5, 5.41) is 2.34. The van der Waals surface area contributed by atoms with Crippen LogP contribution in [-0.2, 0) is 18.4 Å². The average Bonchev–Trinajstić information content (AvgIpc) is 2.05. The van der Waals surface area contributed by atoms with Crippen molar-refractivity contribution in [2.24, 2.45) is 0 Å².